The lowest BCUT2D eigenvalue weighted by atomic mass is 10.5. The first kappa shape index (κ1) is 12.0. The van der Waals surface area contributed by atoms with Crippen LogP contribution in [0.5, 0.6) is 0 Å². The van der Waals surface area contributed by atoms with Crippen molar-refractivity contribution in [3.05, 3.63) is 6.33 Å². The van der Waals surface area contributed by atoms with Crippen molar-refractivity contribution in [3.63, 3.8) is 0 Å². The average molecular weight is 254 g/mol. The predicted molar refractivity (Wildman–Crippen MR) is 66.1 cm³/mol. The van der Waals surface area contributed by atoms with Crippen LogP contribution in [0.3, 0.4) is 0 Å². The van der Waals surface area contributed by atoms with E-state index in [9.17, 15) is 4.79 Å². The van der Waals surface area contributed by atoms with Crippen molar-refractivity contribution in [2.24, 2.45) is 0 Å². The number of nitrogens with zero attached hydrogens (tertiary/aromatic N) is 2. The lowest BCUT2D eigenvalue weighted by molar-refractivity contribution is -0.142. The fourth-order valence-corrected chi connectivity index (χ4v) is 2.35. The number of hydrogen-bond donors (Lipinski definition) is 2. The summed E-state index contributed by atoms with van der Waals surface area (Å²) in [7, 11) is 0. The molecular weight excluding hydrogens is 240 g/mol. The van der Waals surface area contributed by atoms with Crippen LogP contribution in [-0.4, -0.2) is 35.0 Å². The van der Waals surface area contributed by atoms with Gasteiger partial charge in [0, 0.05) is 5.75 Å². The fraction of sp³-hybridized carbons (Fsp3) is 0.500. The van der Waals surface area contributed by atoms with Crippen LogP contribution in [-0.2, 0) is 9.53 Å². The van der Waals surface area contributed by atoms with Crippen molar-refractivity contribution in [2.45, 2.75) is 18.4 Å². The molecule has 0 spiro atoms. The molecule has 17 heavy (non-hydrogen) atoms. The summed E-state index contributed by atoms with van der Waals surface area (Å²) in [6.45, 7) is 2.90. The Morgan fingerprint density at radius 2 is 2.41 bits per heavy atom. The SMILES string of the molecule is CCOC(=O)CCSc1ncnc2c1NCN2. The van der Waals surface area contributed by atoms with Crippen LogP contribution in [0.15, 0.2) is 11.4 Å². The summed E-state index contributed by atoms with van der Waals surface area (Å²) >= 11 is 1.53. The molecule has 0 saturated carbocycles. The third-order valence-corrected chi connectivity index (χ3v) is 3.18. The van der Waals surface area contributed by atoms with E-state index in [4.69, 9.17) is 4.74 Å². The Bertz CT molecular complexity index is 413. The van der Waals surface area contributed by atoms with E-state index in [1.807, 2.05) is 0 Å². The topological polar surface area (TPSA) is 76.1 Å². The summed E-state index contributed by atoms with van der Waals surface area (Å²) in [5, 5.41) is 7.12. The maximum absolute atomic E-state index is 11.2. The van der Waals surface area contributed by atoms with E-state index in [0.717, 1.165) is 16.5 Å². The minimum atomic E-state index is -0.170. The van der Waals surface area contributed by atoms with E-state index in [1.54, 1.807) is 6.92 Å². The minimum Gasteiger partial charge on any atom is -0.466 e. The third kappa shape index (κ3) is 3.00. The number of esters is 1. The van der Waals surface area contributed by atoms with E-state index in [2.05, 4.69) is 20.6 Å². The van der Waals surface area contributed by atoms with Crippen LogP contribution in [0.1, 0.15) is 13.3 Å². The predicted octanol–water partition coefficient (Wildman–Crippen LogP) is 1.32. The Labute approximate surface area is 104 Å². The van der Waals surface area contributed by atoms with Gasteiger partial charge < -0.3 is 15.4 Å². The third-order valence-electron chi connectivity index (χ3n) is 2.18. The fourth-order valence-electron chi connectivity index (χ4n) is 1.45. The second-order valence-electron chi connectivity index (χ2n) is 3.34. The Morgan fingerprint density at radius 3 is 3.24 bits per heavy atom. The first-order valence-corrected chi connectivity index (χ1v) is 6.41. The summed E-state index contributed by atoms with van der Waals surface area (Å²) in [6, 6.07) is 0. The number of rotatable bonds is 5. The van der Waals surface area contributed by atoms with Gasteiger partial charge in [-0.15, -0.1) is 11.8 Å². The number of fused-ring (bicyclic) bond motifs is 1. The Balaban J connectivity index is 1.87. The van der Waals surface area contributed by atoms with Gasteiger partial charge in [0.25, 0.3) is 0 Å². The molecule has 2 heterocycles. The highest BCUT2D eigenvalue weighted by atomic mass is 32.2. The molecule has 6 nitrogen and oxygen atoms in total. The largest absolute Gasteiger partial charge is 0.466 e. The Morgan fingerprint density at radius 1 is 1.53 bits per heavy atom. The number of carbonyl (C=O) groups is 1. The first-order chi connectivity index (χ1) is 8.31. The zero-order valence-corrected chi connectivity index (χ0v) is 10.3. The molecule has 1 aromatic rings. The van der Waals surface area contributed by atoms with Crippen LogP contribution < -0.4 is 10.6 Å². The number of anilines is 2. The van der Waals surface area contributed by atoms with Gasteiger partial charge in [0.1, 0.15) is 17.0 Å². The molecule has 1 aliphatic heterocycles. The van der Waals surface area contributed by atoms with Crippen LogP contribution in [0.2, 0.25) is 0 Å². The zero-order chi connectivity index (χ0) is 12.1. The summed E-state index contributed by atoms with van der Waals surface area (Å²) in [5.74, 6) is 1.31. The van der Waals surface area contributed by atoms with Gasteiger partial charge in [0.05, 0.1) is 19.7 Å². The van der Waals surface area contributed by atoms with Crippen LogP contribution in [0.25, 0.3) is 0 Å². The molecule has 92 valence electrons. The summed E-state index contributed by atoms with van der Waals surface area (Å²) in [6.07, 6.45) is 1.91. The standard InChI is InChI=1S/C10H14N4O2S/c1-2-16-7(15)3-4-17-10-8-9(12-5-11-8)13-6-14-10/h6,11H,2-5H2,1H3,(H,12,13,14). The van der Waals surface area contributed by atoms with Crippen LogP contribution in [0, 0.1) is 0 Å². The molecule has 0 unspecified atom stereocenters. The number of aromatic nitrogens is 2. The highest BCUT2D eigenvalue weighted by Gasteiger charge is 2.16. The van der Waals surface area contributed by atoms with Crippen LogP contribution in [0.4, 0.5) is 11.5 Å². The van der Waals surface area contributed by atoms with Gasteiger partial charge in [-0.2, -0.15) is 0 Å². The van der Waals surface area contributed by atoms with Crippen molar-refractivity contribution < 1.29 is 9.53 Å². The smallest absolute Gasteiger partial charge is 0.306 e. The molecule has 1 aliphatic rings. The van der Waals surface area contributed by atoms with E-state index >= 15 is 0 Å². The average Bonchev–Trinajstić information content (AvgIpc) is 2.78. The molecule has 2 N–H and O–H groups in total. The number of ether oxygens (including phenoxy) is 1. The van der Waals surface area contributed by atoms with Crippen molar-refractivity contribution in [3.8, 4) is 0 Å². The zero-order valence-electron chi connectivity index (χ0n) is 9.52. The quantitative estimate of drug-likeness (QED) is 0.466. The molecule has 0 radical (unpaired) electrons. The summed E-state index contributed by atoms with van der Waals surface area (Å²) < 4.78 is 4.86. The van der Waals surface area contributed by atoms with E-state index in [1.165, 1.54) is 18.1 Å². The molecule has 1 aromatic heterocycles. The molecule has 0 atom stereocenters. The van der Waals surface area contributed by atoms with Gasteiger partial charge >= 0.3 is 5.97 Å². The molecule has 0 amide bonds. The Hall–Kier alpha value is -1.50. The molecule has 0 aromatic carbocycles. The first-order valence-electron chi connectivity index (χ1n) is 5.42. The van der Waals surface area contributed by atoms with E-state index in [0.29, 0.717) is 25.4 Å². The molecular formula is C10H14N4O2S. The molecule has 0 fully saturated rings. The molecule has 7 heteroatoms. The normalized spacial score (nSPS) is 12.5. The number of hydrogen-bond acceptors (Lipinski definition) is 7. The van der Waals surface area contributed by atoms with Gasteiger partial charge in [-0.05, 0) is 6.92 Å². The highest BCUT2D eigenvalue weighted by molar-refractivity contribution is 7.99. The lowest BCUT2D eigenvalue weighted by Crippen LogP contribution is -2.05. The number of carbonyl (C=O) groups excluding carboxylic acids is 1. The van der Waals surface area contributed by atoms with Gasteiger partial charge in [-0.1, -0.05) is 0 Å². The monoisotopic (exact) mass is 254 g/mol. The molecule has 0 saturated heterocycles. The second-order valence-corrected chi connectivity index (χ2v) is 4.42. The van der Waals surface area contributed by atoms with Crippen molar-refractivity contribution in [2.75, 3.05) is 29.7 Å². The Kier molecular flexibility index (Phi) is 4.03. The maximum Gasteiger partial charge on any atom is 0.306 e. The van der Waals surface area contributed by atoms with Gasteiger partial charge in [0.15, 0.2) is 5.82 Å². The maximum atomic E-state index is 11.2. The van der Waals surface area contributed by atoms with E-state index < -0.39 is 0 Å². The lowest BCUT2D eigenvalue weighted by Gasteiger charge is -2.05. The van der Waals surface area contributed by atoms with Gasteiger partial charge in [-0.25, -0.2) is 9.97 Å². The van der Waals surface area contributed by atoms with Gasteiger partial charge in [-0.3, -0.25) is 4.79 Å². The summed E-state index contributed by atoms with van der Waals surface area (Å²) in [4.78, 5) is 19.5. The van der Waals surface area contributed by atoms with Crippen molar-refractivity contribution in [1.82, 2.24) is 9.97 Å². The molecule has 2 rings (SSSR count). The van der Waals surface area contributed by atoms with Crippen molar-refractivity contribution >= 4 is 29.2 Å². The molecule has 0 aliphatic carbocycles. The van der Waals surface area contributed by atoms with E-state index in [-0.39, 0.29) is 5.97 Å². The number of nitrogens with one attached hydrogen (secondary N) is 2. The molecule has 0 bridgehead atoms. The second kappa shape index (κ2) is 5.72. The summed E-state index contributed by atoms with van der Waals surface area (Å²) in [5.41, 5.74) is 0.918. The number of thioether (sulfide) groups is 1. The van der Waals surface area contributed by atoms with Gasteiger partial charge in [0.2, 0.25) is 0 Å². The minimum absolute atomic E-state index is 0.170. The highest BCUT2D eigenvalue weighted by Crippen LogP contribution is 2.32. The van der Waals surface area contributed by atoms with Crippen molar-refractivity contribution in [1.29, 1.82) is 0 Å². The van der Waals surface area contributed by atoms with Crippen LogP contribution >= 0.6 is 11.8 Å².